The van der Waals surface area contributed by atoms with Gasteiger partial charge in [0.1, 0.15) is 18.7 Å². The summed E-state index contributed by atoms with van der Waals surface area (Å²) in [4.78, 5) is 40.8. The topological polar surface area (TPSA) is 111 Å². The Kier molecular flexibility index (Phi) is 8.84. The number of rotatable bonds is 11. The van der Waals surface area contributed by atoms with Crippen molar-refractivity contribution in [3.05, 3.63) is 59.7 Å². The number of carbonyl (C=O) groups excluding carboxylic acids is 2. The summed E-state index contributed by atoms with van der Waals surface area (Å²) in [6.45, 7) is 0.808. The number of hydrogen-bond acceptors (Lipinski definition) is 6. The van der Waals surface area contributed by atoms with Gasteiger partial charge >= 0.3 is 12.1 Å². The van der Waals surface area contributed by atoms with Crippen LogP contribution in [0, 0.1) is 0 Å². The second-order valence-corrected chi connectivity index (χ2v) is 9.28. The van der Waals surface area contributed by atoms with Crippen molar-refractivity contribution in [2.75, 3.05) is 47.9 Å². The molecule has 1 aliphatic rings. The van der Waals surface area contributed by atoms with E-state index in [0.29, 0.717) is 6.54 Å². The van der Waals surface area contributed by atoms with E-state index in [2.05, 4.69) is 22.8 Å². The van der Waals surface area contributed by atoms with Gasteiger partial charge in [0.25, 0.3) is 0 Å². The first-order valence-electron chi connectivity index (χ1n) is 11.6. The highest BCUT2D eigenvalue weighted by atomic mass is 16.5. The third-order valence-electron chi connectivity index (χ3n) is 5.98. The molecule has 188 valence electrons. The second kappa shape index (κ2) is 11.8. The van der Waals surface area contributed by atoms with Crippen LogP contribution >= 0.6 is 0 Å². The number of likely N-dealkylation sites (N-methyl/N-ethyl adjacent to an activating group) is 1. The van der Waals surface area contributed by atoms with Gasteiger partial charge in [0.05, 0.1) is 0 Å². The second-order valence-electron chi connectivity index (χ2n) is 9.28. The Labute approximate surface area is 206 Å². The van der Waals surface area contributed by atoms with E-state index in [4.69, 9.17) is 4.74 Å². The third kappa shape index (κ3) is 6.80. The van der Waals surface area contributed by atoms with Gasteiger partial charge in [0, 0.05) is 19.0 Å². The first kappa shape index (κ1) is 26.2. The van der Waals surface area contributed by atoms with Crippen molar-refractivity contribution >= 4 is 18.0 Å². The molecule has 9 heteroatoms. The molecule has 35 heavy (non-hydrogen) atoms. The van der Waals surface area contributed by atoms with Crippen molar-refractivity contribution in [1.82, 2.24) is 20.4 Å². The molecule has 0 aliphatic heterocycles. The van der Waals surface area contributed by atoms with E-state index in [-0.39, 0.29) is 25.5 Å². The average Bonchev–Trinajstić information content (AvgIpc) is 3.13. The lowest BCUT2D eigenvalue weighted by Gasteiger charge is -2.24. The summed E-state index contributed by atoms with van der Waals surface area (Å²) < 4.78 is 5.56. The summed E-state index contributed by atoms with van der Waals surface area (Å²) in [5, 5.41) is 14.6. The van der Waals surface area contributed by atoms with Crippen molar-refractivity contribution in [3.63, 3.8) is 0 Å². The number of amides is 2. The van der Waals surface area contributed by atoms with Crippen LogP contribution in [0.2, 0.25) is 0 Å². The Hall–Kier alpha value is -3.43. The number of carboxylic acids is 1. The van der Waals surface area contributed by atoms with Gasteiger partial charge in [0.2, 0.25) is 5.91 Å². The molecule has 1 unspecified atom stereocenters. The van der Waals surface area contributed by atoms with Crippen LogP contribution in [0.4, 0.5) is 4.79 Å². The molecule has 3 N–H and O–H groups in total. The standard InChI is InChI=1S/C26H34N4O5/c1-29(2)14-13-22(25(32)33)27-24(31)23(15-30(3)4)28-26(34)35-16-21-19-11-7-5-9-17(19)18-10-6-8-12-20(18)21/h5-12,21-23H,13-16H2,1-4H3,(H,27,31)(H,28,34)(H,32,33)/t22?,23-/m0/s1. The maximum absolute atomic E-state index is 12.9. The molecule has 0 radical (unpaired) electrons. The van der Waals surface area contributed by atoms with Crippen LogP contribution < -0.4 is 10.6 Å². The van der Waals surface area contributed by atoms with Crippen LogP contribution in [0.5, 0.6) is 0 Å². The fourth-order valence-electron chi connectivity index (χ4n) is 4.26. The number of nitrogens with zero attached hydrogens (tertiary/aromatic N) is 2. The van der Waals surface area contributed by atoms with Crippen LogP contribution in [0.15, 0.2) is 48.5 Å². The Morgan fingerprint density at radius 2 is 1.46 bits per heavy atom. The van der Waals surface area contributed by atoms with Crippen LogP contribution in [0.25, 0.3) is 11.1 Å². The predicted octanol–water partition coefficient (Wildman–Crippen LogP) is 1.98. The number of alkyl carbamates (subject to hydrolysis) is 1. The Morgan fingerprint density at radius 3 is 1.97 bits per heavy atom. The van der Waals surface area contributed by atoms with Crippen LogP contribution in [-0.4, -0.2) is 92.8 Å². The molecular weight excluding hydrogens is 448 g/mol. The van der Waals surface area contributed by atoms with Crippen molar-refractivity contribution in [2.45, 2.75) is 24.4 Å². The minimum Gasteiger partial charge on any atom is -0.480 e. The molecule has 0 aromatic heterocycles. The third-order valence-corrected chi connectivity index (χ3v) is 5.98. The van der Waals surface area contributed by atoms with Crippen LogP contribution in [0.3, 0.4) is 0 Å². The van der Waals surface area contributed by atoms with Crippen molar-refractivity contribution in [3.8, 4) is 11.1 Å². The minimum absolute atomic E-state index is 0.100. The van der Waals surface area contributed by atoms with Gasteiger partial charge in [0.15, 0.2) is 0 Å². The largest absolute Gasteiger partial charge is 0.480 e. The fraction of sp³-hybridized carbons (Fsp3) is 0.423. The number of nitrogens with one attached hydrogen (secondary N) is 2. The normalized spacial score (nSPS) is 14.2. The maximum Gasteiger partial charge on any atom is 0.407 e. The molecule has 9 nitrogen and oxygen atoms in total. The number of fused-ring (bicyclic) bond motifs is 3. The van der Waals surface area contributed by atoms with E-state index < -0.39 is 30.1 Å². The zero-order chi connectivity index (χ0) is 25.5. The fourth-order valence-corrected chi connectivity index (χ4v) is 4.26. The highest BCUT2D eigenvalue weighted by Crippen LogP contribution is 2.44. The van der Waals surface area contributed by atoms with Gasteiger partial charge in [-0.15, -0.1) is 0 Å². The predicted molar refractivity (Wildman–Crippen MR) is 133 cm³/mol. The molecule has 2 amide bonds. The summed E-state index contributed by atoms with van der Waals surface area (Å²) in [6.07, 6.45) is -0.484. The summed E-state index contributed by atoms with van der Waals surface area (Å²) >= 11 is 0. The lowest BCUT2D eigenvalue weighted by molar-refractivity contribution is -0.142. The van der Waals surface area contributed by atoms with E-state index in [1.54, 1.807) is 19.0 Å². The maximum atomic E-state index is 12.9. The van der Waals surface area contributed by atoms with Crippen molar-refractivity contribution in [2.24, 2.45) is 0 Å². The van der Waals surface area contributed by atoms with Crippen LogP contribution in [0.1, 0.15) is 23.5 Å². The molecule has 0 fully saturated rings. The van der Waals surface area contributed by atoms with E-state index in [1.165, 1.54) is 0 Å². The summed E-state index contributed by atoms with van der Waals surface area (Å²) in [7, 11) is 7.18. The Morgan fingerprint density at radius 1 is 0.886 bits per heavy atom. The Bertz CT molecular complexity index is 1010. The summed E-state index contributed by atoms with van der Waals surface area (Å²) in [6, 6.07) is 14.0. The number of aliphatic carboxylic acids is 1. The van der Waals surface area contributed by atoms with Gasteiger partial charge in [-0.1, -0.05) is 48.5 Å². The molecular formula is C26H34N4O5. The zero-order valence-corrected chi connectivity index (χ0v) is 20.7. The van der Waals surface area contributed by atoms with Gasteiger partial charge in [-0.2, -0.15) is 0 Å². The zero-order valence-electron chi connectivity index (χ0n) is 20.7. The molecule has 0 saturated carbocycles. The Balaban J connectivity index is 1.65. The molecule has 0 saturated heterocycles. The molecule has 2 aromatic rings. The molecule has 0 bridgehead atoms. The smallest absolute Gasteiger partial charge is 0.407 e. The molecule has 0 spiro atoms. The first-order chi connectivity index (χ1) is 16.7. The van der Waals surface area contributed by atoms with Gasteiger partial charge in [-0.3, -0.25) is 4.79 Å². The number of carboxylic acid groups (broad SMARTS) is 1. The molecule has 2 atom stereocenters. The summed E-state index contributed by atoms with van der Waals surface area (Å²) in [5.41, 5.74) is 4.43. The quantitative estimate of drug-likeness (QED) is 0.449. The highest BCUT2D eigenvalue weighted by molar-refractivity contribution is 5.89. The van der Waals surface area contributed by atoms with Gasteiger partial charge in [-0.25, -0.2) is 9.59 Å². The number of hydrogen-bond donors (Lipinski definition) is 3. The van der Waals surface area contributed by atoms with E-state index in [9.17, 15) is 19.5 Å². The molecule has 3 rings (SSSR count). The minimum atomic E-state index is -1.12. The molecule has 2 aromatic carbocycles. The number of benzene rings is 2. The van der Waals surface area contributed by atoms with E-state index in [0.717, 1.165) is 22.3 Å². The number of carbonyl (C=O) groups is 3. The van der Waals surface area contributed by atoms with Gasteiger partial charge < -0.3 is 30.3 Å². The van der Waals surface area contributed by atoms with Crippen LogP contribution in [-0.2, 0) is 14.3 Å². The summed E-state index contributed by atoms with van der Waals surface area (Å²) in [5.74, 6) is -1.79. The molecule has 1 aliphatic carbocycles. The van der Waals surface area contributed by atoms with E-state index >= 15 is 0 Å². The number of ether oxygens (including phenoxy) is 1. The SMILES string of the molecule is CN(C)CCC(NC(=O)[C@H](CN(C)C)NC(=O)OCC1c2ccccc2-c2ccccc21)C(=O)O. The molecule has 0 heterocycles. The average molecular weight is 483 g/mol. The lowest BCUT2D eigenvalue weighted by Crippen LogP contribution is -2.55. The highest BCUT2D eigenvalue weighted by Gasteiger charge is 2.31. The van der Waals surface area contributed by atoms with E-state index in [1.807, 2.05) is 55.4 Å². The van der Waals surface area contributed by atoms with Crippen molar-refractivity contribution < 1.29 is 24.2 Å². The van der Waals surface area contributed by atoms with Crippen molar-refractivity contribution in [1.29, 1.82) is 0 Å². The monoisotopic (exact) mass is 482 g/mol. The lowest BCUT2D eigenvalue weighted by atomic mass is 9.98. The van der Waals surface area contributed by atoms with Gasteiger partial charge in [-0.05, 0) is 56.9 Å². The first-order valence-corrected chi connectivity index (χ1v) is 11.6.